The minimum Gasteiger partial charge on any atom is -0.343 e. The standard InChI is InChI=1S/C14H18ClFN2O/c15-13-4-3-12(16)9-11(13)10-17-6-5-14(19)18-7-1-2-8-18/h3-4,9,17H,1-2,5-8,10H2. The minimum absolute atomic E-state index is 0.190. The highest BCUT2D eigenvalue weighted by molar-refractivity contribution is 6.31. The predicted molar refractivity (Wildman–Crippen MR) is 73.5 cm³/mol. The second-order valence-electron chi connectivity index (χ2n) is 4.75. The Morgan fingerprint density at radius 2 is 2.11 bits per heavy atom. The molecule has 0 aliphatic carbocycles. The lowest BCUT2D eigenvalue weighted by atomic mass is 10.2. The fourth-order valence-electron chi connectivity index (χ4n) is 2.22. The summed E-state index contributed by atoms with van der Waals surface area (Å²) in [6, 6.07) is 4.30. The van der Waals surface area contributed by atoms with Crippen molar-refractivity contribution in [1.29, 1.82) is 0 Å². The number of nitrogens with zero attached hydrogens (tertiary/aromatic N) is 1. The topological polar surface area (TPSA) is 32.3 Å². The zero-order valence-corrected chi connectivity index (χ0v) is 11.5. The number of nitrogens with one attached hydrogen (secondary N) is 1. The zero-order chi connectivity index (χ0) is 13.7. The second kappa shape index (κ2) is 6.87. The summed E-state index contributed by atoms with van der Waals surface area (Å²) in [7, 11) is 0. The highest BCUT2D eigenvalue weighted by Gasteiger charge is 2.16. The Labute approximate surface area is 117 Å². The lowest BCUT2D eigenvalue weighted by molar-refractivity contribution is -0.130. The summed E-state index contributed by atoms with van der Waals surface area (Å²) in [6.45, 7) is 2.83. The summed E-state index contributed by atoms with van der Waals surface area (Å²) in [4.78, 5) is 13.7. The molecule has 1 aliphatic heterocycles. The third-order valence-electron chi connectivity index (χ3n) is 3.30. The van der Waals surface area contributed by atoms with Gasteiger partial charge in [0.25, 0.3) is 0 Å². The minimum atomic E-state index is -0.297. The summed E-state index contributed by atoms with van der Waals surface area (Å²) in [6.07, 6.45) is 2.70. The van der Waals surface area contributed by atoms with Crippen LogP contribution in [-0.2, 0) is 11.3 Å². The van der Waals surface area contributed by atoms with Gasteiger partial charge in [0.15, 0.2) is 0 Å². The number of halogens is 2. The van der Waals surface area contributed by atoms with Crippen LogP contribution in [0, 0.1) is 5.82 Å². The van der Waals surface area contributed by atoms with E-state index in [1.807, 2.05) is 4.90 Å². The number of likely N-dealkylation sites (tertiary alicyclic amines) is 1. The molecular weight excluding hydrogens is 267 g/mol. The normalized spacial score (nSPS) is 14.9. The van der Waals surface area contributed by atoms with Crippen molar-refractivity contribution >= 4 is 17.5 Å². The van der Waals surface area contributed by atoms with Gasteiger partial charge in [0.1, 0.15) is 5.82 Å². The van der Waals surface area contributed by atoms with E-state index in [-0.39, 0.29) is 11.7 Å². The molecule has 1 amide bonds. The van der Waals surface area contributed by atoms with Gasteiger partial charge in [-0.2, -0.15) is 0 Å². The maximum absolute atomic E-state index is 13.0. The van der Waals surface area contributed by atoms with Crippen LogP contribution < -0.4 is 5.32 Å². The van der Waals surface area contributed by atoms with Crippen molar-refractivity contribution in [3.8, 4) is 0 Å². The number of carbonyl (C=O) groups excluding carboxylic acids is 1. The molecule has 3 nitrogen and oxygen atoms in total. The molecule has 1 heterocycles. The zero-order valence-electron chi connectivity index (χ0n) is 10.8. The molecule has 2 rings (SSSR count). The van der Waals surface area contributed by atoms with Gasteiger partial charge in [-0.3, -0.25) is 4.79 Å². The lowest BCUT2D eigenvalue weighted by Crippen LogP contribution is -2.30. The SMILES string of the molecule is O=C(CCNCc1cc(F)ccc1Cl)N1CCCC1. The van der Waals surface area contributed by atoms with E-state index in [2.05, 4.69) is 5.32 Å². The van der Waals surface area contributed by atoms with E-state index >= 15 is 0 Å². The van der Waals surface area contributed by atoms with Crippen LogP contribution in [0.15, 0.2) is 18.2 Å². The van der Waals surface area contributed by atoms with Crippen molar-refractivity contribution in [2.75, 3.05) is 19.6 Å². The van der Waals surface area contributed by atoms with Crippen LogP contribution in [0.25, 0.3) is 0 Å². The molecule has 0 saturated carbocycles. The van der Waals surface area contributed by atoms with Crippen molar-refractivity contribution in [2.45, 2.75) is 25.8 Å². The van der Waals surface area contributed by atoms with Crippen LogP contribution in [0.5, 0.6) is 0 Å². The van der Waals surface area contributed by atoms with E-state index in [0.717, 1.165) is 31.5 Å². The molecule has 19 heavy (non-hydrogen) atoms. The molecular formula is C14H18ClFN2O. The van der Waals surface area contributed by atoms with Gasteiger partial charge in [-0.15, -0.1) is 0 Å². The molecule has 0 aromatic heterocycles. The molecule has 0 radical (unpaired) electrons. The van der Waals surface area contributed by atoms with E-state index in [1.165, 1.54) is 12.1 Å². The number of rotatable bonds is 5. The number of benzene rings is 1. The molecule has 1 saturated heterocycles. The molecule has 1 aliphatic rings. The monoisotopic (exact) mass is 284 g/mol. The lowest BCUT2D eigenvalue weighted by Gasteiger charge is -2.15. The smallest absolute Gasteiger partial charge is 0.223 e. The van der Waals surface area contributed by atoms with Gasteiger partial charge in [0.2, 0.25) is 5.91 Å². The van der Waals surface area contributed by atoms with Gasteiger partial charge >= 0.3 is 0 Å². The van der Waals surface area contributed by atoms with E-state index in [9.17, 15) is 9.18 Å². The average molecular weight is 285 g/mol. The van der Waals surface area contributed by atoms with Gasteiger partial charge in [-0.25, -0.2) is 4.39 Å². The molecule has 1 N–H and O–H groups in total. The first-order chi connectivity index (χ1) is 9.16. The summed E-state index contributed by atoms with van der Waals surface area (Å²) in [5.74, 6) is -0.107. The maximum atomic E-state index is 13.0. The van der Waals surface area contributed by atoms with E-state index in [1.54, 1.807) is 6.07 Å². The van der Waals surface area contributed by atoms with Crippen LogP contribution in [0.3, 0.4) is 0 Å². The summed E-state index contributed by atoms with van der Waals surface area (Å²) >= 11 is 5.96. The van der Waals surface area contributed by atoms with Gasteiger partial charge in [0, 0.05) is 37.6 Å². The van der Waals surface area contributed by atoms with Crippen LogP contribution in [0.4, 0.5) is 4.39 Å². The van der Waals surface area contributed by atoms with Crippen LogP contribution in [0.2, 0.25) is 5.02 Å². The van der Waals surface area contributed by atoms with E-state index in [0.29, 0.717) is 24.5 Å². The number of amides is 1. The Morgan fingerprint density at radius 3 is 2.84 bits per heavy atom. The number of hydrogen-bond acceptors (Lipinski definition) is 2. The first-order valence-corrected chi connectivity index (χ1v) is 6.97. The third-order valence-corrected chi connectivity index (χ3v) is 3.67. The molecule has 1 aromatic carbocycles. The van der Waals surface area contributed by atoms with Crippen molar-refractivity contribution < 1.29 is 9.18 Å². The summed E-state index contributed by atoms with van der Waals surface area (Å²) in [5, 5.41) is 3.67. The number of carbonyl (C=O) groups is 1. The Hall–Kier alpha value is -1.13. The molecule has 1 fully saturated rings. The Balaban J connectivity index is 1.71. The molecule has 104 valence electrons. The maximum Gasteiger partial charge on any atom is 0.223 e. The highest BCUT2D eigenvalue weighted by atomic mass is 35.5. The van der Waals surface area contributed by atoms with Crippen LogP contribution >= 0.6 is 11.6 Å². The van der Waals surface area contributed by atoms with Gasteiger partial charge in [-0.05, 0) is 36.6 Å². The second-order valence-corrected chi connectivity index (χ2v) is 5.16. The third kappa shape index (κ3) is 4.18. The average Bonchev–Trinajstić information content (AvgIpc) is 2.92. The van der Waals surface area contributed by atoms with Crippen LogP contribution in [0.1, 0.15) is 24.8 Å². The fraction of sp³-hybridized carbons (Fsp3) is 0.500. The molecule has 5 heteroatoms. The Morgan fingerprint density at radius 1 is 1.37 bits per heavy atom. The predicted octanol–water partition coefficient (Wildman–Crippen LogP) is 2.58. The number of hydrogen-bond donors (Lipinski definition) is 1. The Kier molecular flexibility index (Phi) is 5.16. The first-order valence-electron chi connectivity index (χ1n) is 6.59. The quantitative estimate of drug-likeness (QED) is 0.843. The van der Waals surface area contributed by atoms with E-state index in [4.69, 9.17) is 11.6 Å². The van der Waals surface area contributed by atoms with Crippen molar-refractivity contribution in [1.82, 2.24) is 10.2 Å². The molecule has 0 atom stereocenters. The van der Waals surface area contributed by atoms with E-state index < -0.39 is 0 Å². The fourth-order valence-corrected chi connectivity index (χ4v) is 2.41. The highest BCUT2D eigenvalue weighted by Crippen LogP contribution is 2.16. The van der Waals surface area contributed by atoms with Gasteiger partial charge < -0.3 is 10.2 Å². The summed E-state index contributed by atoms with van der Waals surface area (Å²) < 4.78 is 13.0. The summed E-state index contributed by atoms with van der Waals surface area (Å²) in [5.41, 5.74) is 0.718. The first kappa shape index (κ1) is 14.3. The Bertz CT molecular complexity index is 447. The van der Waals surface area contributed by atoms with Gasteiger partial charge in [-0.1, -0.05) is 11.6 Å². The van der Waals surface area contributed by atoms with Gasteiger partial charge in [0.05, 0.1) is 0 Å². The largest absolute Gasteiger partial charge is 0.343 e. The molecule has 0 unspecified atom stereocenters. The van der Waals surface area contributed by atoms with Crippen molar-refractivity contribution in [3.05, 3.63) is 34.6 Å². The molecule has 0 bridgehead atoms. The van der Waals surface area contributed by atoms with Crippen molar-refractivity contribution in [2.24, 2.45) is 0 Å². The van der Waals surface area contributed by atoms with Crippen LogP contribution in [-0.4, -0.2) is 30.4 Å². The van der Waals surface area contributed by atoms with Crippen molar-refractivity contribution in [3.63, 3.8) is 0 Å². The molecule has 1 aromatic rings. The molecule has 0 spiro atoms.